The van der Waals surface area contributed by atoms with Gasteiger partial charge in [0, 0.05) is 29.1 Å². The molecule has 3 heterocycles. The highest BCUT2D eigenvalue weighted by Gasteiger charge is 2.40. The minimum atomic E-state index is -0.185. The van der Waals surface area contributed by atoms with Crippen LogP contribution in [0.4, 0.5) is 0 Å². The number of hydrogen-bond donors (Lipinski definition) is 2. The number of nitrogens with zero attached hydrogens (tertiary/aromatic N) is 1. The molecule has 1 aromatic heterocycles. The normalized spacial score (nSPS) is 27.3. The van der Waals surface area contributed by atoms with Crippen LogP contribution in [0.25, 0.3) is 10.9 Å². The molecule has 2 aromatic rings. The molecule has 0 saturated carbocycles. The highest BCUT2D eigenvalue weighted by atomic mass is 16.3. The standard InChI is InChI=1S/C18H24N2O/c1-2-16(21)14-7-5-10-20-11-9-13-12-6-3-4-8-15(12)19-17(13)18(14)20/h3-4,6,8,14,16,18-19,21H,2,5,7,9-11H2,1H3/t14-,16+,18+/m1/s1. The predicted octanol–water partition coefficient (Wildman–Crippen LogP) is 3.25. The molecular formula is C18H24N2O. The fourth-order valence-electron chi connectivity index (χ4n) is 4.45. The Balaban J connectivity index is 1.83. The molecular weight excluding hydrogens is 260 g/mol. The van der Waals surface area contributed by atoms with Crippen molar-refractivity contribution in [1.82, 2.24) is 9.88 Å². The third-order valence-corrected chi connectivity index (χ3v) is 5.49. The molecule has 0 unspecified atom stereocenters. The van der Waals surface area contributed by atoms with Crippen LogP contribution in [-0.2, 0) is 6.42 Å². The summed E-state index contributed by atoms with van der Waals surface area (Å²) in [5.41, 5.74) is 4.11. The SMILES string of the molecule is CC[C@H](O)[C@H]1CCCN2CCc3c([nH]c4ccccc34)[C@H]12. The first-order chi connectivity index (χ1) is 10.3. The van der Waals surface area contributed by atoms with Gasteiger partial charge in [-0.3, -0.25) is 4.90 Å². The van der Waals surface area contributed by atoms with E-state index in [1.807, 2.05) is 0 Å². The van der Waals surface area contributed by atoms with Crippen molar-refractivity contribution in [2.24, 2.45) is 5.92 Å². The fourth-order valence-corrected chi connectivity index (χ4v) is 4.45. The minimum absolute atomic E-state index is 0.185. The zero-order chi connectivity index (χ0) is 14.4. The Morgan fingerprint density at radius 1 is 1.33 bits per heavy atom. The van der Waals surface area contributed by atoms with E-state index in [0.29, 0.717) is 12.0 Å². The summed E-state index contributed by atoms with van der Waals surface area (Å²) in [6.45, 7) is 4.40. The lowest BCUT2D eigenvalue weighted by molar-refractivity contribution is -0.00401. The van der Waals surface area contributed by atoms with Crippen LogP contribution in [0.15, 0.2) is 24.3 Å². The third-order valence-electron chi connectivity index (χ3n) is 5.49. The van der Waals surface area contributed by atoms with E-state index < -0.39 is 0 Å². The summed E-state index contributed by atoms with van der Waals surface area (Å²) >= 11 is 0. The van der Waals surface area contributed by atoms with Crippen molar-refractivity contribution in [2.75, 3.05) is 13.1 Å². The van der Waals surface area contributed by atoms with Gasteiger partial charge in [-0.25, -0.2) is 0 Å². The number of aliphatic hydroxyl groups excluding tert-OH is 1. The molecule has 3 heteroatoms. The number of para-hydroxylation sites is 1. The van der Waals surface area contributed by atoms with Crippen LogP contribution < -0.4 is 0 Å². The van der Waals surface area contributed by atoms with E-state index in [2.05, 4.69) is 41.1 Å². The van der Waals surface area contributed by atoms with Gasteiger partial charge in [0.1, 0.15) is 0 Å². The van der Waals surface area contributed by atoms with E-state index in [0.717, 1.165) is 25.8 Å². The summed E-state index contributed by atoms with van der Waals surface area (Å²) in [5, 5.41) is 11.9. The maximum absolute atomic E-state index is 10.5. The molecule has 2 aliphatic rings. The molecule has 4 rings (SSSR count). The van der Waals surface area contributed by atoms with Crippen molar-refractivity contribution in [1.29, 1.82) is 0 Å². The number of aromatic nitrogens is 1. The summed E-state index contributed by atoms with van der Waals surface area (Å²) in [6.07, 6.45) is 4.16. The van der Waals surface area contributed by atoms with Gasteiger partial charge in [-0.15, -0.1) is 0 Å². The van der Waals surface area contributed by atoms with Gasteiger partial charge in [-0.2, -0.15) is 0 Å². The molecule has 0 spiro atoms. The molecule has 2 aliphatic heterocycles. The maximum atomic E-state index is 10.5. The van der Waals surface area contributed by atoms with Crippen LogP contribution in [0.3, 0.4) is 0 Å². The van der Waals surface area contributed by atoms with Crippen LogP contribution in [0.5, 0.6) is 0 Å². The van der Waals surface area contributed by atoms with Gasteiger partial charge in [-0.05, 0) is 43.9 Å². The second-order valence-electron chi connectivity index (χ2n) is 6.58. The van der Waals surface area contributed by atoms with Gasteiger partial charge < -0.3 is 10.1 Å². The molecule has 1 saturated heterocycles. The summed E-state index contributed by atoms with van der Waals surface area (Å²) in [6, 6.07) is 9.01. The zero-order valence-corrected chi connectivity index (χ0v) is 12.7. The van der Waals surface area contributed by atoms with Gasteiger partial charge in [0.2, 0.25) is 0 Å². The number of aliphatic hydroxyl groups is 1. The first-order valence-corrected chi connectivity index (χ1v) is 8.31. The smallest absolute Gasteiger partial charge is 0.0584 e. The molecule has 0 bridgehead atoms. The first kappa shape index (κ1) is 13.4. The number of aromatic amines is 1. The van der Waals surface area contributed by atoms with Gasteiger partial charge in [0.15, 0.2) is 0 Å². The molecule has 3 atom stereocenters. The lowest BCUT2D eigenvalue weighted by Crippen LogP contribution is -2.46. The lowest BCUT2D eigenvalue weighted by atomic mass is 9.79. The number of benzene rings is 1. The summed E-state index contributed by atoms with van der Waals surface area (Å²) in [4.78, 5) is 6.26. The third kappa shape index (κ3) is 2.02. The van der Waals surface area contributed by atoms with E-state index in [1.54, 1.807) is 0 Å². The Morgan fingerprint density at radius 3 is 3.05 bits per heavy atom. The molecule has 112 valence electrons. The average molecular weight is 284 g/mol. The van der Waals surface area contributed by atoms with Crippen LogP contribution >= 0.6 is 0 Å². The number of rotatable bonds is 2. The number of piperidine rings is 1. The maximum Gasteiger partial charge on any atom is 0.0584 e. The van der Waals surface area contributed by atoms with Crippen LogP contribution in [0, 0.1) is 5.92 Å². The number of nitrogens with one attached hydrogen (secondary N) is 1. The molecule has 0 aliphatic carbocycles. The summed E-state index contributed by atoms with van der Waals surface area (Å²) in [7, 11) is 0. The fraction of sp³-hybridized carbons (Fsp3) is 0.556. The molecule has 1 fully saturated rings. The van der Waals surface area contributed by atoms with Crippen molar-refractivity contribution in [2.45, 2.75) is 44.8 Å². The molecule has 0 amide bonds. The van der Waals surface area contributed by atoms with Gasteiger partial charge in [-0.1, -0.05) is 25.1 Å². The van der Waals surface area contributed by atoms with Crippen molar-refractivity contribution in [3.63, 3.8) is 0 Å². The number of H-pyrrole nitrogens is 1. The topological polar surface area (TPSA) is 39.3 Å². The molecule has 1 aromatic carbocycles. The second-order valence-corrected chi connectivity index (χ2v) is 6.58. The average Bonchev–Trinajstić information content (AvgIpc) is 2.92. The highest BCUT2D eigenvalue weighted by molar-refractivity contribution is 5.85. The van der Waals surface area contributed by atoms with Gasteiger partial charge in [0.05, 0.1) is 12.1 Å². The molecule has 21 heavy (non-hydrogen) atoms. The van der Waals surface area contributed by atoms with Crippen molar-refractivity contribution in [3.8, 4) is 0 Å². The Hall–Kier alpha value is -1.32. The van der Waals surface area contributed by atoms with E-state index in [-0.39, 0.29) is 6.10 Å². The second kappa shape index (κ2) is 5.15. The van der Waals surface area contributed by atoms with Crippen molar-refractivity contribution < 1.29 is 5.11 Å². The van der Waals surface area contributed by atoms with E-state index in [1.165, 1.54) is 35.1 Å². The van der Waals surface area contributed by atoms with Crippen LogP contribution in [0.2, 0.25) is 0 Å². The van der Waals surface area contributed by atoms with Crippen molar-refractivity contribution >= 4 is 10.9 Å². The predicted molar refractivity (Wildman–Crippen MR) is 85.3 cm³/mol. The van der Waals surface area contributed by atoms with Gasteiger partial charge in [0.25, 0.3) is 0 Å². The lowest BCUT2D eigenvalue weighted by Gasteiger charge is -2.45. The quantitative estimate of drug-likeness (QED) is 0.888. The summed E-state index contributed by atoms with van der Waals surface area (Å²) in [5.74, 6) is 0.371. The largest absolute Gasteiger partial charge is 0.393 e. The number of hydrogen-bond acceptors (Lipinski definition) is 2. The molecule has 2 N–H and O–H groups in total. The Bertz CT molecular complexity index is 648. The molecule has 3 nitrogen and oxygen atoms in total. The van der Waals surface area contributed by atoms with Gasteiger partial charge >= 0.3 is 0 Å². The summed E-state index contributed by atoms with van der Waals surface area (Å²) < 4.78 is 0. The van der Waals surface area contributed by atoms with E-state index in [9.17, 15) is 5.11 Å². The Labute approximate surface area is 126 Å². The zero-order valence-electron chi connectivity index (χ0n) is 12.7. The van der Waals surface area contributed by atoms with Crippen molar-refractivity contribution in [3.05, 3.63) is 35.5 Å². The Kier molecular flexibility index (Phi) is 3.27. The molecule has 0 radical (unpaired) electrons. The number of fused-ring (bicyclic) bond motifs is 5. The van der Waals surface area contributed by atoms with E-state index in [4.69, 9.17) is 0 Å². The Morgan fingerprint density at radius 2 is 2.19 bits per heavy atom. The highest BCUT2D eigenvalue weighted by Crippen LogP contribution is 2.44. The monoisotopic (exact) mass is 284 g/mol. The minimum Gasteiger partial charge on any atom is -0.393 e. The van der Waals surface area contributed by atoms with Crippen LogP contribution in [-0.4, -0.2) is 34.2 Å². The van der Waals surface area contributed by atoms with E-state index >= 15 is 0 Å². The van der Waals surface area contributed by atoms with Crippen LogP contribution in [0.1, 0.15) is 43.5 Å². The first-order valence-electron chi connectivity index (χ1n) is 8.31.